The van der Waals surface area contributed by atoms with Crippen molar-refractivity contribution in [1.29, 1.82) is 0 Å². The number of benzene rings is 1. The van der Waals surface area contributed by atoms with Crippen molar-refractivity contribution in [3.8, 4) is 5.75 Å². The van der Waals surface area contributed by atoms with Gasteiger partial charge in [0.2, 0.25) is 0 Å². The van der Waals surface area contributed by atoms with Gasteiger partial charge in [-0.2, -0.15) is 0 Å². The summed E-state index contributed by atoms with van der Waals surface area (Å²) in [6, 6.07) is 8.18. The van der Waals surface area contributed by atoms with E-state index in [0.29, 0.717) is 6.61 Å². The lowest BCUT2D eigenvalue weighted by atomic mass is 9.90. The molecule has 0 aliphatic carbocycles. The molecule has 0 aliphatic heterocycles. The zero-order valence-electron chi connectivity index (χ0n) is 12.4. The van der Waals surface area contributed by atoms with Crippen LogP contribution in [0.3, 0.4) is 0 Å². The van der Waals surface area contributed by atoms with Crippen molar-refractivity contribution < 1.29 is 4.74 Å². The van der Waals surface area contributed by atoms with Crippen molar-refractivity contribution in [3.63, 3.8) is 0 Å². The predicted molar refractivity (Wildman–Crippen MR) is 81.2 cm³/mol. The second kappa shape index (κ2) is 5.08. The molecule has 0 amide bonds. The van der Waals surface area contributed by atoms with Gasteiger partial charge in [0.05, 0.1) is 6.61 Å². The highest BCUT2D eigenvalue weighted by atomic mass is 16.5. The average Bonchev–Trinajstić information content (AvgIpc) is 2.37. The Morgan fingerprint density at radius 2 is 2.00 bits per heavy atom. The number of hydrogen-bond acceptors (Lipinski definition) is 3. The second-order valence-corrected chi connectivity index (χ2v) is 5.64. The summed E-state index contributed by atoms with van der Waals surface area (Å²) in [5.74, 6) is 0.850. The van der Waals surface area contributed by atoms with E-state index in [-0.39, 0.29) is 5.41 Å². The molecule has 0 aliphatic rings. The molecular formula is C16H22N2O. The first-order valence-electron chi connectivity index (χ1n) is 6.72. The minimum Gasteiger partial charge on any atom is -0.492 e. The third kappa shape index (κ3) is 2.65. The van der Waals surface area contributed by atoms with Gasteiger partial charge >= 0.3 is 0 Å². The lowest BCUT2D eigenvalue weighted by molar-refractivity contribution is 0.343. The van der Waals surface area contributed by atoms with Gasteiger partial charge in [-0.15, -0.1) is 0 Å². The fourth-order valence-electron chi connectivity index (χ4n) is 2.09. The summed E-state index contributed by atoms with van der Waals surface area (Å²) in [4.78, 5) is 4.81. The van der Waals surface area contributed by atoms with Gasteiger partial charge in [0, 0.05) is 29.2 Å². The van der Waals surface area contributed by atoms with Gasteiger partial charge in [0.1, 0.15) is 11.3 Å². The van der Waals surface area contributed by atoms with Crippen LogP contribution in [0.15, 0.2) is 24.3 Å². The van der Waals surface area contributed by atoms with Gasteiger partial charge in [-0.05, 0) is 19.1 Å². The van der Waals surface area contributed by atoms with E-state index in [0.717, 1.165) is 28.0 Å². The highest BCUT2D eigenvalue weighted by Gasteiger charge is 2.19. The molecule has 0 saturated heterocycles. The van der Waals surface area contributed by atoms with Crippen LogP contribution in [0, 0.1) is 0 Å². The van der Waals surface area contributed by atoms with Gasteiger partial charge in [-0.1, -0.05) is 32.9 Å². The third-order valence-corrected chi connectivity index (χ3v) is 3.14. The molecular weight excluding hydrogens is 236 g/mol. The van der Waals surface area contributed by atoms with Gasteiger partial charge < -0.3 is 10.1 Å². The Kier molecular flexibility index (Phi) is 3.65. The number of fused-ring (bicyclic) bond motifs is 1. The fraction of sp³-hybridized carbons (Fsp3) is 0.438. The number of anilines is 1. The molecule has 102 valence electrons. The monoisotopic (exact) mass is 258 g/mol. The van der Waals surface area contributed by atoms with Crippen LogP contribution in [0.5, 0.6) is 5.75 Å². The number of pyridine rings is 1. The van der Waals surface area contributed by atoms with Crippen LogP contribution >= 0.6 is 0 Å². The Hall–Kier alpha value is -1.77. The highest BCUT2D eigenvalue weighted by Crippen LogP contribution is 2.33. The molecule has 2 aromatic rings. The zero-order valence-corrected chi connectivity index (χ0v) is 12.4. The van der Waals surface area contributed by atoms with E-state index in [1.54, 1.807) is 0 Å². The molecule has 0 atom stereocenters. The van der Waals surface area contributed by atoms with E-state index in [9.17, 15) is 0 Å². The molecule has 1 heterocycles. The van der Waals surface area contributed by atoms with Crippen molar-refractivity contribution in [2.75, 3.05) is 19.0 Å². The Bertz CT molecular complexity index is 585. The first-order valence-corrected chi connectivity index (χ1v) is 6.72. The SMILES string of the molecule is CCOc1cccc2c(NC)cc(C(C)(C)C)nc12. The lowest BCUT2D eigenvalue weighted by Crippen LogP contribution is -2.14. The predicted octanol–water partition coefficient (Wildman–Crippen LogP) is 3.97. The standard InChI is InChI=1S/C16H22N2O/c1-6-19-13-9-7-8-11-12(17-5)10-14(16(2,3)4)18-15(11)13/h7-10H,6H2,1-5H3,(H,17,18). The molecule has 1 aromatic carbocycles. The van der Waals surface area contributed by atoms with Crippen LogP contribution in [0.1, 0.15) is 33.4 Å². The summed E-state index contributed by atoms with van der Waals surface area (Å²) in [6.45, 7) is 9.15. The summed E-state index contributed by atoms with van der Waals surface area (Å²) >= 11 is 0. The molecule has 0 spiro atoms. The Labute approximate surface area is 115 Å². The number of aromatic nitrogens is 1. The smallest absolute Gasteiger partial charge is 0.145 e. The summed E-state index contributed by atoms with van der Waals surface area (Å²) in [5, 5.41) is 4.35. The van der Waals surface area contributed by atoms with Crippen molar-refractivity contribution in [2.45, 2.75) is 33.1 Å². The Morgan fingerprint density at radius 3 is 2.58 bits per heavy atom. The van der Waals surface area contributed by atoms with E-state index < -0.39 is 0 Å². The first-order chi connectivity index (χ1) is 8.97. The average molecular weight is 258 g/mol. The number of rotatable bonds is 3. The molecule has 3 nitrogen and oxygen atoms in total. The minimum absolute atomic E-state index is 0.0130. The molecule has 0 fully saturated rings. The van der Waals surface area contributed by atoms with Gasteiger partial charge in [-0.3, -0.25) is 0 Å². The molecule has 2 rings (SSSR count). The number of hydrogen-bond donors (Lipinski definition) is 1. The normalized spacial score (nSPS) is 11.6. The third-order valence-electron chi connectivity index (χ3n) is 3.14. The second-order valence-electron chi connectivity index (χ2n) is 5.64. The van der Waals surface area contributed by atoms with Crippen LogP contribution in [0.4, 0.5) is 5.69 Å². The molecule has 1 aromatic heterocycles. The number of nitrogens with zero attached hydrogens (tertiary/aromatic N) is 1. The van der Waals surface area contributed by atoms with Gasteiger partial charge in [0.15, 0.2) is 0 Å². The van der Waals surface area contributed by atoms with E-state index in [4.69, 9.17) is 9.72 Å². The van der Waals surface area contributed by atoms with Crippen LogP contribution < -0.4 is 10.1 Å². The largest absolute Gasteiger partial charge is 0.492 e. The quantitative estimate of drug-likeness (QED) is 0.904. The van der Waals surface area contributed by atoms with E-state index in [1.807, 2.05) is 26.1 Å². The fourth-order valence-corrected chi connectivity index (χ4v) is 2.09. The van der Waals surface area contributed by atoms with Crippen molar-refractivity contribution >= 4 is 16.6 Å². The maximum Gasteiger partial charge on any atom is 0.145 e. The van der Waals surface area contributed by atoms with Crippen LogP contribution in [-0.4, -0.2) is 18.6 Å². The molecule has 1 N–H and O–H groups in total. The maximum atomic E-state index is 5.70. The molecule has 0 unspecified atom stereocenters. The molecule has 19 heavy (non-hydrogen) atoms. The maximum absolute atomic E-state index is 5.70. The molecule has 0 bridgehead atoms. The van der Waals surface area contributed by atoms with Gasteiger partial charge in [-0.25, -0.2) is 4.98 Å². The van der Waals surface area contributed by atoms with E-state index in [2.05, 4.69) is 38.2 Å². The summed E-state index contributed by atoms with van der Waals surface area (Å²) in [6.07, 6.45) is 0. The van der Waals surface area contributed by atoms with Crippen molar-refractivity contribution in [1.82, 2.24) is 4.98 Å². The van der Waals surface area contributed by atoms with Gasteiger partial charge in [0.25, 0.3) is 0 Å². The Balaban J connectivity index is 2.74. The van der Waals surface area contributed by atoms with Crippen LogP contribution in [0.2, 0.25) is 0 Å². The summed E-state index contributed by atoms with van der Waals surface area (Å²) in [5.41, 5.74) is 3.10. The zero-order chi connectivity index (χ0) is 14.0. The van der Waals surface area contributed by atoms with Crippen LogP contribution in [0.25, 0.3) is 10.9 Å². The van der Waals surface area contributed by atoms with Crippen molar-refractivity contribution in [2.24, 2.45) is 0 Å². The molecule has 3 heteroatoms. The van der Waals surface area contributed by atoms with E-state index in [1.165, 1.54) is 0 Å². The highest BCUT2D eigenvalue weighted by molar-refractivity contribution is 5.95. The summed E-state index contributed by atoms with van der Waals surface area (Å²) in [7, 11) is 1.94. The first kappa shape index (κ1) is 13.7. The molecule has 0 saturated carbocycles. The minimum atomic E-state index is 0.0130. The van der Waals surface area contributed by atoms with E-state index >= 15 is 0 Å². The van der Waals surface area contributed by atoms with Crippen molar-refractivity contribution in [3.05, 3.63) is 30.0 Å². The topological polar surface area (TPSA) is 34.1 Å². The molecule has 0 radical (unpaired) electrons. The lowest BCUT2D eigenvalue weighted by Gasteiger charge is -2.20. The Morgan fingerprint density at radius 1 is 1.26 bits per heavy atom. The summed E-state index contributed by atoms with van der Waals surface area (Å²) < 4.78 is 5.70. The number of para-hydroxylation sites is 1. The number of ether oxygens (including phenoxy) is 1. The van der Waals surface area contributed by atoms with Crippen LogP contribution in [-0.2, 0) is 5.41 Å². The number of nitrogens with one attached hydrogen (secondary N) is 1.